The Morgan fingerprint density at radius 1 is 1.67 bits per heavy atom. The average molecular weight is 252 g/mol. The molecule has 1 aliphatic rings. The fourth-order valence-electron chi connectivity index (χ4n) is 2.35. The van der Waals surface area contributed by atoms with Gasteiger partial charge >= 0.3 is 5.97 Å². The van der Waals surface area contributed by atoms with Crippen molar-refractivity contribution < 1.29 is 13.9 Å². The number of hydrogen-bond acceptors (Lipinski definition) is 5. The van der Waals surface area contributed by atoms with Gasteiger partial charge in [0, 0.05) is 12.6 Å². The lowest BCUT2D eigenvalue weighted by Gasteiger charge is -2.20. The SMILES string of the molecule is COC(=O)c1ccoc1CN(C)CC1CCCN1. The van der Waals surface area contributed by atoms with Crippen LogP contribution in [-0.4, -0.2) is 44.2 Å². The third kappa shape index (κ3) is 3.11. The Morgan fingerprint density at radius 2 is 2.50 bits per heavy atom. The zero-order valence-corrected chi connectivity index (χ0v) is 10.9. The molecule has 0 saturated carbocycles. The topological polar surface area (TPSA) is 54.7 Å². The number of hydrogen-bond donors (Lipinski definition) is 1. The molecule has 0 spiro atoms. The van der Waals surface area contributed by atoms with Crippen LogP contribution in [0.5, 0.6) is 0 Å². The molecule has 1 aromatic heterocycles. The molecule has 1 N–H and O–H groups in total. The van der Waals surface area contributed by atoms with Crippen molar-refractivity contribution in [1.82, 2.24) is 10.2 Å². The molecule has 0 radical (unpaired) electrons. The highest BCUT2D eigenvalue weighted by atomic mass is 16.5. The van der Waals surface area contributed by atoms with Gasteiger partial charge in [-0.15, -0.1) is 0 Å². The van der Waals surface area contributed by atoms with E-state index in [0.29, 0.717) is 23.9 Å². The zero-order chi connectivity index (χ0) is 13.0. The van der Waals surface area contributed by atoms with Crippen molar-refractivity contribution in [1.29, 1.82) is 0 Å². The van der Waals surface area contributed by atoms with E-state index in [1.807, 2.05) is 7.05 Å². The van der Waals surface area contributed by atoms with Crippen LogP contribution >= 0.6 is 0 Å². The van der Waals surface area contributed by atoms with Gasteiger partial charge in [-0.3, -0.25) is 4.90 Å². The maximum Gasteiger partial charge on any atom is 0.341 e. The smallest absolute Gasteiger partial charge is 0.341 e. The minimum atomic E-state index is -0.342. The Kier molecular flexibility index (Phi) is 4.38. The molecule has 1 saturated heterocycles. The number of nitrogens with zero attached hydrogens (tertiary/aromatic N) is 1. The number of furan rings is 1. The molecule has 0 aromatic carbocycles. The summed E-state index contributed by atoms with van der Waals surface area (Å²) in [5.41, 5.74) is 0.517. The second-order valence-corrected chi connectivity index (χ2v) is 4.74. The fraction of sp³-hybridized carbons (Fsp3) is 0.615. The van der Waals surface area contributed by atoms with Crippen LogP contribution < -0.4 is 5.32 Å². The van der Waals surface area contributed by atoms with Crippen LogP contribution in [0, 0.1) is 0 Å². The van der Waals surface area contributed by atoms with Crippen molar-refractivity contribution >= 4 is 5.97 Å². The van der Waals surface area contributed by atoms with E-state index in [-0.39, 0.29) is 5.97 Å². The van der Waals surface area contributed by atoms with Gasteiger partial charge in [0.2, 0.25) is 0 Å². The summed E-state index contributed by atoms with van der Waals surface area (Å²) in [4.78, 5) is 13.7. The van der Waals surface area contributed by atoms with Crippen molar-refractivity contribution in [3.05, 3.63) is 23.7 Å². The number of nitrogens with one attached hydrogen (secondary N) is 1. The lowest BCUT2D eigenvalue weighted by Crippen LogP contribution is -2.35. The van der Waals surface area contributed by atoms with Gasteiger partial charge in [0.25, 0.3) is 0 Å². The van der Waals surface area contributed by atoms with Crippen molar-refractivity contribution in [2.24, 2.45) is 0 Å². The average Bonchev–Trinajstić information content (AvgIpc) is 2.99. The summed E-state index contributed by atoms with van der Waals surface area (Å²) in [6.07, 6.45) is 3.99. The normalized spacial score (nSPS) is 19.4. The molecule has 18 heavy (non-hydrogen) atoms. The van der Waals surface area contributed by atoms with Gasteiger partial charge in [-0.05, 0) is 32.5 Å². The van der Waals surface area contributed by atoms with E-state index >= 15 is 0 Å². The van der Waals surface area contributed by atoms with Gasteiger partial charge in [-0.1, -0.05) is 0 Å². The third-order valence-electron chi connectivity index (χ3n) is 3.26. The summed E-state index contributed by atoms with van der Waals surface area (Å²) < 4.78 is 10.1. The molecule has 0 amide bonds. The summed E-state index contributed by atoms with van der Waals surface area (Å²) >= 11 is 0. The van der Waals surface area contributed by atoms with Gasteiger partial charge in [0.15, 0.2) is 0 Å². The maximum atomic E-state index is 11.5. The predicted molar refractivity (Wildman–Crippen MR) is 67.4 cm³/mol. The first-order valence-electron chi connectivity index (χ1n) is 6.27. The van der Waals surface area contributed by atoms with E-state index in [1.165, 1.54) is 26.2 Å². The molecule has 0 bridgehead atoms. The lowest BCUT2D eigenvalue weighted by molar-refractivity contribution is 0.0596. The van der Waals surface area contributed by atoms with E-state index in [2.05, 4.69) is 10.2 Å². The van der Waals surface area contributed by atoms with Crippen molar-refractivity contribution in [3.8, 4) is 0 Å². The largest absolute Gasteiger partial charge is 0.467 e. The molecule has 100 valence electrons. The van der Waals surface area contributed by atoms with E-state index in [4.69, 9.17) is 9.15 Å². The van der Waals surface area contributed by atoms with Gasteiger partial charge in [0.1, 0.15) is 11.3 Å². The number of likely N-dealkylation sites (N-methyl/N-ethyl adjacent to an activating group) is 1. The van der Waals surface area contributed by atoms with Crippen LogP contribution in [0.25, 0.3) is 0 Å². The number of methoxy groups -OCH3 is 1. The lowest BCUT2D eigenvalue weighted by atomic mass is 10.2. The van der Waals surface area contributed by atoms with Crippen LogP contribution in [-0.2, 0) is 11.3 Å². The minimum absolute atomic E-state index is 0.342. The number of carbonyl (C=O) groups excluding carboxylic acids is 1. The quantitative estimate of drug-likeness (QED) is 0.799. The molecule has 1 aliphatic heterocycles. The Labute approximate surface area is 107 Å². The fourth-order valence-corrected chi connectivity index (χ4v) is 2.35. The summed E-state index contributed by atoms with van der Waals surface area (Å²) in [5, 5.41) is 3.45. The van der Waals surface area contributed by atoms with E-state index < -0.39 is 0 Å². The highest BCUT2D eigenvalue weighted by Gasteiger charge is 2.19. The summed E-state index contributed by atoms with van der Waals surface area (Å²) in [6.45, 7) is 2.68. The zero-order valence-electron chi connectivity index (χ0n) is 10.9. The molecule has 1 aromatic rings. The molecule has 2 rings (SSSR count). The Bertz CT molecular complexity index is 397. The monoisotopic (exact) mass is 252 g/mol. The molecule has 5 nitrogen and oxygen atoms in total. The van der Waals surface area contributed by atoms with Gasteiger partial charge < -0.3 is 14.5 Å². The summed E-state index contributed by atoms with van der Waals surface area (Å²) in [5.74, 6) is 0.327. The minimum Gasteiger partial charge on any atom is -0.467 e. The molecule has 5 heteroatoms. The summed E-state index contributed by atoms with van der Waals surface area (Å²) in [7, 11) is 3.41. The van der Waals surface area contributed by atoms with Crippen molar-refractivity contribution in [2.45, 2.75) is 25.4 Å². The van der Waals surface area contributed by atoms with E-state index in [0.717, 1.165) is 13.1 Å². The standard InChI is InChI=1S/C13H20N2O3/c1-15(8-10-4-3-6-14-10)9-12-11(5-7-18-12)13(16)17-2/h5,7,10,14H,3-4,6,8-9H2,1-2H3. The van der Waals surface area contributed by atoms with E-state index in [9.17, 15) is 4.79 Å². The van der Waals surface area contributed by atoms with Crippen LogP contribution in [0.15, 0.2) is 16.7 Å². The predicted octanol–water partition coefficient (Wildman–Crippen LogP) is 1.25. The Hall–Kier alpha value is -1.33. The van der Waals surface area contributed by atoms with Crippen LogP contribution in [0.4, 0.5) is 0 Å². The number of carbonyl (C=O) groups is 1. The second kappa shape index (κ2) is 6.02. The number of rotatable bonds is 5. The van der Waals surface area contributed by atoms with Crippen LogP contribution in [0.2, 0.25) is 0 Å². The number of esters is 1. The molecule has 1 unspecified atom stereocenters. The van der Waals surface area contributed by atoms with Crippen molar-refractivity contribution in [3.63, 3.8) is 0 Å². The van der Waals surface area contributed by atoms with Crippen molar-refractivity contribution in [2.75, 3.05) is 27.2 Å². The highest BCUT2D eigenvalue weighted by molar-refractivity contribution is 5.90. The molecular weight excluding hydrogens is 232 g/mol. The maximum absolute atomic E-state index is 11.5. The molecule has 1 atom stereocenters. The molecule has 1 fully saturated rings. The second-order valence-electron chi connectivity index (χ2n) is 4.74. The Balaban J connectivity index is 1.91. The number of ether oxygens (including phenoxy) is 1. The first-order valence-corrected chi connectivity index (χ1v) is 6.27. The van der Waals surface area contributed by atoms with Crippen LogP contribution in [0.3, 0.4) is 0 Å². The van der Waals surface area contributed by atoms with E-state index in [1.54, 1.807) is 6.07 Å². The molecular formula is C13H20N2O3. The highest BCUT2D eigenvalue weighted by Crippen LogP contribution is 2.15. The Morgan fingerprint density at radius 3 is 3.17 bits per heavy atom. The summed E-state index contributed by atoms with van der Waals surface area (Å²) in [6, 6.07) is 2.20. The first-order chi connectivity index (χ1) is 8.70. The molecule has 2 heterocycles. The van der Waals surface area contributed by atoms with Gasteiger partial charge in [-0.2, -0.15) is 0 Å². The van der Waals surface area contributed by atoms with Gasteiger partial charge in [-0.25, -0.2) is 4.79 Å². The first kappa shape index (κ1) is 13.1. The molecule has 0 aliphatic carbocycles. The van der Waals surface area contributed by atoms with Gasteiger partial charge in [0.05, 0.1) is 19.9 Å². The third-order valence-corrected chi connectivity index (χ3v) is 3.26. The van der Waals surface area contributed by atoms with Crippen LogP contribution in [0.1, 0.15) is 29.0 Å².